The first-order valence-corrected chi connectivity index (χ1v) is 13.1. The molecule has 0 radical (unpaired) electrons. The number of phenolic OH excluding ortho intramolecular Hbond substituents is 2. The van der Waals surface area contributed by atoms with Crippen LogP contribution in [0.1, 0.15) is 11.1 Å². The Balaban J connectivity index is 1.30. The lowest BCUT2D eigenvalue weighted by atomic mass is 9.99. The molecule has 2 aromatic rings. The zero-order chi connectivity index (χ0) is 31.3. The predicted molar refractivity (Wildman–Crippen MR) is 143 cm³/mol. The number of esters is 1. The molecule has 15 nitrogen and oxygen atoms in total. The summed E-state index contributed by atoms with van der Waals surface area (Å²) in [5.74, 6) is -1.21. The molecule has 2 aliphatic heterocycles. The molecule has 0 bridgehead atoms. The summed E-state index contributed by atoms with van der Waals surface area (Å²) < 4.78 is 31.8. The van der Waals surface area contributed by atoms with Gasteiger partial charge in [-0.15, -0.1) is 0 Å². The number of hydrogen-bond acceptors (Lipinski definition) is 15. The van der Waals surface area contributed by atoms with Gasteiger partial charge in [0.2, 0.25) is 6.29 Å². The molecule has 0 saturated carbocycles. The molecule has 43 heavy (non-hydrogen) atoms. The van der Waals surface area contributed by atoms with E-state index in [1.54, 1.807) is 0 Å². The monoisotopic (exact) mass is 610 g/mol. The van der Waals surface area contributed by atoms with Gasteiger partial charge in [-0.05, 0) is 41.5 Å². The highest BCUT2D eigenvalue weighted by Gasteiger charge is 2.51. The van der Waals surface area contributed by atoms with Crippen LogP contribution in [0.3, 0.4) is 0 Å². The minimum absolute atomic E-state index is 0.0756. The van der Waals surface area contributed by atoms with Crippen molar-refractivity contribution < 1.29 is 74.1 Å². The van der Waals surface area contributed by atoms with Crippen molar-refractivity contribution in [3.05, 3.63) is 53.6 Å². The van der Waals surface area contributed by atoms with E-state index < -0.39 is 74.5 Å². The number of ether oxygens (including phenoxy) is 6. The maximum Gasteiger partial charge on any atom is 0.330 e. The normalized spacial score (nSPS) is 30.8. The van der Waals surface area contributed by atoms with Crippen LogP contribution in [-0.4, -0.2) is 122 Å². The average molecular weight is 611 g/mol. The van der Waals surface area contributed by atoms with Crippen molar-refractivity contribution in [2.24, 2.45) is 0 Å². The van der Waals surface area contributed by atoms with Gasteiger partial charge in [0.1, 0.15) is 37.1 Å². The van der Waals surface area contributed by atoms with E-state index in [4.69, 9.17) is 28.4 Å². The van der Waals surface area contributed by atoms with Crippen molar-refractivity contribution in [3.63, 3.8) is 0 Å². The van der Waals surface area contributed by atoms with Crippen LogP contribution in [0, 0.1) is 0 Å². The van der Waals surface area contributed by atoms with E-state index in [-0.39, 0.29) is 29.6 Å². The zero-order valence-electron chi connectivity index (χ0n) is 22.9. The molecular weight excluding hydrogens is 576 g/mol. The summed E-state index contributed by atoms with van der Waals surface area (Å²) in [5.41, 5.74) is -1.12. The fourth-order valence-electron chi connectivity index (χ4n) is 4.36. The highest BCUT2D eigenvalue weighted by Crippen LogP contribution is 2.32. The van der Waals surface area contributed by atoms with Crippen LogP contribution in [0.2, 0.25) is 0 Å². The fourth-order valence-corrected chi connectivity index (χ4v) is 4.36. The van der Waals surface area contributed by atoms with Crippen molar-refractivity contribution in [1.29, 1.82) is 0 Å². The van der Waals surface area contributed by atoms with Crippen LogP contribution in [0.5, 0.6) is 23.0 Å². The van der Waals surface area contributed by atoms with Crippen LogP contribution in [0.4, 0.5) is 0 Å². The van der Waals surface area contributed by atoms with E-state index in [2.05, 4.69) is 0 Å². The lowest BCUT2D eigenvalue weighted by Crippen LogP contribution is -2.60. The first kappa shape index (κ1) is 32.4. The van der Waals surface area contributed by atoms with E-state index in [0.29, 0.717) is 11.1 Å². The Morgan fingerprint density at radius 1 is 1.00 bits per heavy atom. The number of benzene rings is 2. The number of carbonyl (C=O) groups is 1. The van der Waals surface area contributed by atoms with E-state index in [0.717, 1.165) is 6.08 Å². The smallest absolute Gasteiger partial charge is 0.330 e. The van der Waals surface area contributed by atoms with Crippen molar-refractivity contribution >= 4 is 12.0 Å². The average Bonchev–Trinajstić information content (AvgIpc) is 3.29. The van der Waals surface area contributed by atoms with Gasteiger partial charge < -0.3 is 69.3 Å². The van der Waals surface area contributed by atoms with E-state index in [1.165, 1.54) is 49.6 Å². The molecule has 0 aromatic heterocycles. The molecule has 8 N–H and O–H groups in total. The van der Waals surface area contributed by atoms with Gasteiger partial charge in [-0.25, -0.2) is 4.79 Å². The van der Waals surface area contributed by atoms with Crippen LogP contribution in [0.15, 0.2) is 42.5 Å². The molecule has 0 spiro atoms. The molecule has 8 atom stereocenters. The Morgan fingerprint density at radius 2 is 1.77 bits per heavy atom. The maximum atomic E-state index is 12.2. The van der Waals surface area contributed by atoms with E-state index >= 15 is 0 Å². The molecule has 2 heterocycles. The molecular formula is C28H34O15. The predicted octanol–water partition coefficient (Wildman–Crippen LogP) is -1.49. The van der Waals surface area contributed by atoms with Gasteiger partial charge in [-0.2, -0.15) is 0 Å². The van der Waals surface area contributed by atoms with Crippen molar-refractivity contribution in [2.75, 3.05) is 26.9 Å². The second kappa shape index (κ2) is 13.9. The lowest BCUT2D eigenvalue weighted by Gasteiger charge is -2.40. The Kier molecular flexibility index (Phi) is 10.4. The number of rotatable bonds is 11. The van der Waals surface area contributed by atoms with Gasteiger partial charge in [0.25, 0.3) is 0 Å². The molecule has 0 unspecified atom stereocenters. The minimum Gasteiger partial charge on any atom is -0.504 e. The molecule has 4 rings (SSSR count). The third-order valence-electron chi connectivity index (χ3n) is 6.93. The summed E-state index contributed by atoms with van der Waals surface area (Å²) in [4.78, 5) is 12.2. The molecule has 236 valence electrons. The van der Waals surface area contributed by atoms with Gasteiger partial charge >= 0.3 is 5.97 Å². The second-order valence-corrected chi connectivity index (χ2v) is 10.0. The van der Waals surface area contributed by atoms with E-state index in [9.17, 15) is 45.6 Å². The highest BCUT2D eigenvalue weighted by atomic mass is 16.7. The van der Waals surface area contributed by atoms with Crippen LogP contribution in [0.25, 0.3) is 6.08 Å². The van der Waals surface area contributed by atoms with Gasteiger partial charge in [0.15, 0.2) is 34.9 Å². The van der Waals surface area contributed by atoms with Crippen molar-refractivity contribution in [2.45, 2.75) is 55.3 Å². The van der Waals surface area contributed by atoms with Gasteiger partial charge in [-0.1, -0.05) is 12.1 Å². The zero-order valence-corrected chi connectivity index (χ0v) is 22.9. The number of hydrogen-bond donors (Lipinski definition) is 8. The topological polar surface area (TPSA) is 234 Å². The Morgan fingerprint density at radius 3 is 2.47 bits per heavy atom. The van der Waals surface area contributed by atoms with Gasteiger partial charge in [0, 0.05) is 6.08 Å². The fraction of sp³-hybridized carbons (Fsp3) is 0.464. The summed E-state index contributed by atoms with van der Waals surface area (Å²) in [5, 5.41) is 81.4. The molecule has 2 aromatic carbocycles. The third-order valence-corrected chi connectivity index (χ3v) is 6.93. The Hall–Kier alpha value is -3.51. The van der Waals surface area contributed by atoms with Crippen LogP contribution in [-0.2, 0) is 30.3 Å². The highest BCUT2D eigenvalue weighted by molar-refractivity contribution is 5.87. The molecule has 0 amide bonds. The molecule has 0 aliphatic carbocycles. The second-order valence-electron chi connectivity index (χ2n) is 10.0. The standard InChI is InChI=1S/C28H34O15/c1-38-19-9-14(2-5-16(19)30)4-7-21(32)40-12-28(37)13-41-27(25(28)36)39-11-20-22(33)23(34)24(35)26(43-20)42-18-6-3-15(10-29)8-17(18)31/h2-9,20,22-27,29-31,33-37H,10-13H2,1H3/b7-4+/t20-,22-,23+,24-,25+,26-,27-,28+/m1/s1. The summed E-state index contributed by atoms with van der Waals surface area (Å²) >= 11 is 0. The molecule has 2 aliphatic rings. The lowest BCUT2D eigenvalue weighted by molar-refractivity contribution is -0.289. The Bertz CT molecular complexity index is 1280. The van der Waals surface area contributed by atoms with Crippen LogP contribution >= 0.6 is 0 Å². The van der Waals surface area contributed by atoms with Crippen molar-refractivity contribution in [1.82, 2.24) is 0 Å². The number of aromatic hydroxyl groups is 2. The number of aliphatic hydroxyl groups excluding tert-OH is 5. The maximum absolute atomic E-state index is 12.2. The Labute approximate surface area is 245 Å². The number of phenols is 2. The summed E-state index contributed by atoms with van der Waals surface area (Å²) in [6.45, 7) is -1.97. The van der Waals surface area contributed by atoms with Crippen molar-refractivity contribution in [3.8, 4) is 23.0 Å². The molecule has 2 saturated heterocycles. The summed E-state index contributed by atoms with van der Waals surface area (Å²) in [6, 6.07) is 8.41. The van der Waals surface area contributed by atoms with Gasteiger partial charge in [0.05, 0.1) is 26.9 Å². The largest absolute Gasteiger partial charge is 0.504 e. The SMILES string of the molecule is COc1cc(/C=C/C(=O)OC[C@]2(O)CO[C@@H](OC[C@H]3O[C@@H](Oc4ccc(CO)cc4O)[C@H](O)[C@@H](O)[C@@H]3O)[C@@H]2O)ccc1O. The van der Waals surface area contributed by atoms with Gasteiger partial charge in [-0.3, -0.25) is 0 Å². The summed E-state index contributed by atoms with van der Waals surface area (Å²) in [6.07, 6.45) is -8.66. The molecule has 2 fully saturated rings. The first-order chi connectivity index (χ1) is 20.4. The number of carbonyl (C=O) groups excluding carboxylic acids is 1. The minimum atomic E-state index is -2.04. The summed E-state index contributed by atoms with van der Waals surface area (Å²) in [7, 11) is 1.38. The number of methoxy groups -OCH3 is 1. The molecule has 15 heteroatoms. The van der Waals surface area contributed by atoms with E-state index in [1.807, 2.05) is 0 Å². The third kappa shape index (κ3) is 7.53. The number of aliphatic hydroxyl groups is 6. The van der Waals surface area contributed by atoms with Crippen LogP contribution < -0.4 is 9.47 Å². The first-order valence-electron chi connectivity index (χ1n) is 13.1. The quantitative estimate of drug-likeness (QED) is 0.107.